The first kappa shape index (κ1) is 12.9. The van der Waals surface area contributed by atoms with Crippen LogP contribution >= 0.6 is 0 Å². The molecule has 0 saturated carbocycles. The lowest BCUT2D eigenvalue weighted by atomic mass is 9.90. The van der Waals surface area contributed by atoms with Gasteiger partial charge in [-0.2, -0.15) is 0 Å². The van der Waals surface area contributed by atoms with Crippen LogP contribution in [-0.4, -0.2) is 10.8 Å². The van der Waals surface area contributed by atoms with Gasteiger partial charge in [-0.15, -0.1) is 0 Å². The van der Waals surface area contributed by atoms with E-state index in [1.54, 1.807) is 6.20 Å². The predicted molar refractivity (Wildman–Crippen MR) is 77.0 cm³/mol. The van der Waals surface area contributed by atoms with Crippen LogP contribution in [-0.2, 0) is 13.0 Å². The third-order valence-corrected chi connectivity index (χ3v) is 3.57. The Hall–Kier alpha value is -2.16. The maximum atomic E-state index is 11.9. The molecular formula is C17H17NO2. The van der Waals surface area contributed by atoms with Crippen LogP contribution in [0, 0.1) is 6.92 Å². The van der Waals surface area contributed by atoms with Gasteiger partial charge in [0.2, 0.25) is 0 Å². The van der Waals surface area contributed by atoms with E-state index in [4.69, 9.17) is 4.74 Å². The zero-order valence-electron chi connectivity index (χ0n) is 11.6. The average Bonchev–Trinajstić information content (AvgIpc) is 2.46. The Kier molecular flexibility index (Phi) is 3.50. The van der Waals surface area contributed by atoms with Crippen molar-refractivity contribution in [3.63, 3.8) is 0 Å². The molecule has 0 spiro atoms. The Bertz CT molecular complexity index is 649. The fraction of sp³-hybridized carbons (Fsp3) is 0.294. The van der Waals surface area contributed by atoms with Crippen molar-refractivity contribution in [1.82, 2.24) is 4.98 Å². The van der Waals surface area contributed by atoms with E-state index in [1.165, 1.54) is 0 Å². The number of aryl methyl sites for hydroxylation is 2. The van der Waals surface area contributed by atoms with Crippen molar-refractivity contribution in [3.8, 4) is 5.75 Å². The van der Waals surface area contributed by atoms with Gasteiger partial charge in [0.25, 0.3) is 0 Å². The Labute approximate surface area is 118 Å². The first-order valence-electron chi connectivity index (χ1n) is 6.92. The van der Waals surface area contributed by atoms with Gasteiger partial charge in [0.05, 0.1) is 0 Å². The van der Waals surface area contributed by atoms with E-state index >= 15 is 0 Å². The lowest BCUT2D eigenvalue weighted by Gasteiger charge is -2.16. The van der Waals surface area contributed by atoms with Crippen molar-refractivity contribution < 1.29 is 9.53 Å². The minimum Gasteiger partial charge on any atom is -0.489 e. The molecule has 1 aromatic carbocycles. The molecule has 0 unspecified atom stereocenters. The number of nitrogens with zero attached hydrogens (tertiary/aromatic N) is 1. The molecule has 0 fully saturated rings. The number of Topliss-reactive ketones (excluding diaryl/α,β-unsaturated/α-hetero) is 1. The van der Waals surface area contributed by atoms with Crippen molar-refractivity contribution in [3.05, 3.63) is 58.9 Å². The molecule has 0 bridgehead atoms. The van der Waals surface area contributed by atoms with E-state index in [9.17, 15) is 4.79 Å². The predicted octanol–water partition coefficient (Wildman–Crippen LogP) is 3.49. The second kappa shape index (κ2) is 5.45. The molecule has 3 rings (SSSR count). The van der Waals surface area contributed by atoms with E-state index in [0.717, 1.165) is 40.8 Å². The largest absolute Gasteiger partial charge is 0.489 e. The SMILES string of the molecule is Cc1cncc(COc2ccc3c(c2)C(=O)CCC3)c1. The van der Waals surface area contributed by atoms with Crippen LogP contribution in [0.1, 0.15) is 39.9 Å². The molecular weight excluding hydrogens is 250 g/mol. The third kappa shape index (κ3) is 2.72. The van der Waals surface area contributed by atoms with Gasteiger partial charge in [0, 0.05) is 29.9 Å². The van der Waals surface area contributed by atoms with E-state index < -0.39 is 0 Å². The Morgan fingerprint density at radius 3 is 2.95 bits per heavy atom. The van der Waals surface area contributed by atoms with E-state index in [0.29, 0.717) is 13.0 Å². The topological polar surface area (TPSA) is 39.2 Å². The highest BCUT2D eigenvalue weighted by molar-refractivity contribution is 5.98. The number of pyridine rings is 1. The van der Waals surface area contributed by atoms with Gasteiger partial charge < -0.3 is 4.74 Å². The molecule has 0 saturated heterocycles. The average molecular weight is 267 g/mol. The zero-order valence-corrected chi connectivity index (χ0v) is 11.6. The van der Waals surface area contributed by atoms with Gasteiger partial charge >= 0.3 is 0 Å². The van der Waals surface area contributed by atoms with Crippen LogP contribution in [0.4, 0.5) is 0 Å². The standard InChI is InChI=1S/C17H17NO2/c1-12-7-13(10-18-9-12)11-20-15-6-5-14-3-2-4-17(19)16(14)8-15/h5-10H,2-4,11H2,1H3. The molecule has 102 valence electrons. The number of hydrogen-bond acceptors (Lipinski definition) is 3. The van der Waals surface area contributed by atoms with Crippen LogP contribution in [0.3, 0.4) is 0 Å². The molecule has 0 aliphatic heterocycles. The molecule has 0 radical (unpaired) electrons. The summed E-state index contributed by atoms with van der Waals surface area (Å²) in [6.45, 7) is 2.48. The molecule has 3 nitrogen and oxygen atoms in total. The van der Waals surface area contributed by atoms with Crippen molar-refractivity contribution in [2.24, 2.45) is 0 Å². The van der Waals surface area contributed by atoms with Crippen LogP contribution in [0.15, 0.2) is 36.7 Å². The molecule has 3 heteroatoms. The quantitative estimate of drug-likeness (QED) is 0.854. The van der Waals surface area contributed by atoms with Gasteiger partial charge in [-0.25, -0.2) is 0 Å². The highest BCUT2D eigenvalue weighted by Gasteiger charge is 2.17. The number of ether oxygens (including phenoxy) is 1. The zero-order chi connectivity index (χ0) is 13.9. The van der Waals surface area contributed by atoms with Crippen LogP contribution in [0.2, 0.25) is 0 Å². The summed E-state index contributed by atoms with van der Waals surface area (Å²) < 4.78 is 5.77. The first-order chi connectivity index (χ1) is 9.72. The number of carbonyl (C=O) groups excluding carboxylic acids is 1. The number of benzene rings is 1. The lowest BCUT2D eigenvalue weighted by Crippen LogP contribution is -2.10. The molecule has 0 atom stereocenters. The van der Waals surface area contributed by atoms with E-state index in [-0.39, 0.29) is 5.78 Å². The van der Waals surface area contributed by atoms with Gasteiger partial charge in [0.1, 0.15) is 12.4 Å². The Balaban J connectivity index is 1.75. The first-order valence-corrected chi connectivity index (χ1v) is 6.92. The van der Waals surface area contributed by atoms with Crippen LogP contribution in [0.25, 0.3) is 0 Å². The third-order valence-electron chi connectivity index (χ3n) is 3.57. The highest BCUT2D eigenvalue weighted by atomic mass is 16.5. The minimum absolute atomic E-state index is 0.230. The second-order valence-electron chi connectivity index (χ2n) is 5.25. The van der Waals surface area contributed by atoms with Crippen LogP contribution < -0.4 is 4.74 Å². The number of rotatable bonds is 3. The Morgan fingerprint density at radius 1 is 1.20 bits per heavy atom. The minimum atomic E-state index is 0.230. The summed E-state index contributed by atoms with van der Waals surface area (Å²) in [5, 5.41) is 0. The molecule has 20 heavy (non-hydrogen) atoms. The monoisotopic (exact) mass is 267 g/mol. The molecule has 1 aliphatic rings. The molecule has 0 amide bonds. The van der Waals surface area contributed by atoms with Gasteiger partial charge in [0.15, 0.2) is 5.78 Å². The molecule has 1 aromatic heterocycles. The molecule has 1 aliphatic carbocycles. The molecule has 1 heterocycles. The summed E-state index contributed by atoms with van der Waals surface area (Å²) in [4.78, 5) is 16.0. The van der Waals surface area contributed by atoms with Crippen molar-refractivity contribution in [2.45, 2.75) is 32.8 Å². The fourth-order valence-corrected chi connectivity index (χ4v) is 2.56. The summed E-state index contributed by atoms with van der Waals surface area (Å²) >= 11 is 0. The number of hydrogen-bond donors (Lipinski definition) is 0. The van der Waals surface area contributed by atoms with Crippen molar-refractivity contribution >= 4 is 5.78 Å². The van der Waals surface area contributed by atoms with Gasteiger partial charge in [-0.1, -0.05) is 6.07 Å². The van der Waals surface area contributed by atoms with Crippen molar-refractivity contribution in [1.29, 1.82) is 0 Å². The summed E-state index contributed by atoms with van der Waals surface area (Å²) in [6.07, 6.45) is 6.22. The smallest absolute Gasteiger partial charge is 0.163 e. The maximum Gasteiger partial charge on any atom is 0.163 e. The normalized spacial score (nSPS) is 13.9. The summed E-state index contributed by atoms with van der Waals surface area (Å²) in [5.41, 5.74) is 4.13. The fourth-order valence-electron chi connectivity index (χ4n) is 2.56. The summed E-state index contributed by atoms with van der Waals surface area (Å²) in [7, 11) is 0. The molecule has 2 aromatic rings. The molecule has 0 N–H and O–H groups in total. The number of carbonyl (C=O) groups is 1. The summed E-state index contributed by atoms with van der Waals surface area (Å²) in [5.74, 6) is 0.981. The Morgan fingerprint density at radius 2 is 2.10 bits per heavy atom. The van der Waals surface area contributed by atoms with E-state index in [1.807, 2.05) is 31.3 Å². The summed E-state index contributed by atoms with van der Waals surface area (Å²) in [6, 6.07) is 7.88. The van der Waals surface area contributed by atoms with Crippen molar-refractivity contribution in [2.75, 3.05) is 0 Å². The lowest BCUT2D eigenvalue weighted by molar-refractivity contribution is 0.0972. The number of ketones is 1. The van der Waals surface area contributed by atoms with Gasteiger partial charge in [-0.3, -0.25) is 9.78 Å². The second-order valence-corrected chi connectivity index (χ2v) is 5.25. The van der Waals surface area contributed by atoms with E-state index in [2.05, 4.69) is 11.1 Å². The highest BCUT2D eigenvalue weighted by Crippen LogP contribution is 2.25. The number of fused-ring (bicyclic) bond motifs is 1. The number of aromatic nitrogens is 1. The van der Waals surface area contributed by atoms with Gasteiger partial charge in [-0.05, 0) is 49.1 Å². The van der Waals surface area contributed by atoms with Crippen LogP contribution in [0.5, 0.6) is 5.75 Å². The maximum absolute atomic E-state index is 11.9.